The molecule has 0 fully saturated rings. The molecule has 0 spiro atoms. The van der Waals surface area contributed by atoms with Crippen molar-refractivity contribution in [3.63, 3.8) is 0 Å². The van der Waals surface area contributed by atoms with Gasteiger partial charge in [0, 0.05) is 0 Å². The van der Waals surface area contributed by atoms with E-state index < -0.39 is 0 Å². The summed E-state index contributed by atoms with van der Waals surface area (Å²) in [5.41, 5.74) is 2.45. The van der Waals surface area contributed by atoms with Crippen LogP contribution in [0.5, 0.6) is 0 Å². The van der Waals surface area contributed by atoms with E-state index in [4.69, 9.17) is 0 Å². The number of rotatable bonds is 4. The third-order valence-electron chi connectivity index (χ3n) is 9.11. The molecule has 0 bridgehead atoms. The van der Waals surface area contributed by atoms with Gasteiger partial charge in [-0.15, -0.1) is 119 Å². The molecule has 0 saturated carbocycles. The third kappa shape index (κ3) is 12.4. The normalized spacial score (nSPS) is 9.89. The standard InChI is InChI=1S/C15H16N2.4C9H7.CH2.2Hf/c1-16(14-9-5-3-6-10-14)13-17(2)15-11-7-4-8-12-15;4*1-2-5-9-7-3-6-8(9)4-1;;;/h3-12H,1-2H3;4*1-7H;1H2;;/q;4*-1;;2*+2. The number of anilines is 2. The molecule has 0 aliphatic rings. The van der Waals surface area contributed by atoms with Crippen LogP contribution in [-0.2, 0) is 47.8 Å². The molecule has 0 unspecified atom stereocenters. The summed E-state index contributed by atoms with van der Waals surface area (Å²) in [7, 11) is 4.24. The van der Waals surface area contributed by atoms with Crippen LogP contribution in [0.2, 0.25) is 0 Å². The summed E-state index contributed by atoms with van der Waals surface area (Å²) in [6.45, 7) is 0. The van der Waals surface area contributed by atoms with Crippen molar-refractivity contribution in [1.29, 1.82) is 0 Å². The summed E-state index contributed by atoms with van der Waals surface area (Å²) in [5.74, 6) is 0. The molecule has 10 rings (SSSR count). The second-order valence-corrected chi connectivity index (χ2v) is 14.3. The predicted octanol–water partition coefficient (Wildman–Crippen LogP) is 13.1. The number of nitrogens with zero attached hydrogens (tertiary/aromatic N) is 2. The molecule has 56 heavy (non-hydrogen) atoms. The van der Waals surface area contributed by atoms with E-state index >= 15 is 0 Å². The molecule has 4 heteroatoms. The first-order valence-corrected chi connectivity index (χ1v) is 22.8. The first-order chi connectivity index (χ1) is 27.6. The van der Waals surface area contributed by atoms with Crippen LogP contribution in [0.25, 0.3) is 43.1 Å². The largest absolute Gasteiger partial charge is 0.168 e. The minimum atomic E-state index is 0.995. The van der Waals surface area contributed by atoms with E-state index in [0.717, 1.165) is 47.8 Å². The maximum absolute atomic E-state index is 3.39. The van der Waals surface area contributed by atoms with Crippen molar-refractivity contribution < 1.29 is 47.8 Å². The van der Waals surface area contributed by atoms with Crippen molar-refractivity contribution in [2.24, 2.45) is 0 Å². The number of fused-ring (bicyclic) bond motifs is 4. The molecule has 10 aromatic rings. The number of para-hydroxylation sites is 2. The zero-order chi connectivity index (χ0) is 39.4. The average molecular weight is 1060 g/mol. The molecule has 0 aliphatic carbocycles. The Morgan fingerprint density at radius 3 is 0.839 bits per heavy atom. The second kappa shape index (κ2) is 23.0. The second-order valence-electron chi connectivity index (χ2n) is 12.7. The van der Waals surface area contributed by atoms with Gasteiger partial charge >= 0.3 is 151 Å². The molecule has 0 aliphatic heterocycles. The molecular weight excluding hydrogens is 1010 g/mol. The molecule has 0 heterocycles. The van der Waals surface area contributed by atoms with E-state index in [9.17, 15) is 0 Å². The van der Waals surface area contributed by atoms with Gasteiger partial charge in [-0.05, 0) is 0 Å². The van der Waals surface area contributed by atoms with Crippen LogP contribution in [0.15, 0.2) is 231 Å². The van der Waals surface area contributed by atoms with Crippen LogP contribution in [0.1, 0.15) is 0 Å². The smallest absolute Gasteiger partial charge is 0.0809 e. The fraction of sp³-hybridized carbons (Fsp3) is 0.0385. The van der Waals surface area contributed by atoms with Crippen LogP contribution in [-0.4, -0.2) is 21.9 Å². The van der Waals surface area contributed by atoms with Gasteiger partial charge in [-0.3, -0.25) is 0 Å². The van der Waals surface area contributed by atoms with Crippen molar-refractivity contribution in [1.82, 2.24) is 0 Å². The van der Waals surface area contributed by atoms with E-state index in [1.54, 1.807) is 0 Å². The summed E-state index contributed by atoms with van der Waals surface area (Å²) >= 11 is 2.05. The summed E-state index contributed by atoms with van der Waals surface area (Å²) in [6, 6.07) is 79.6. The van der Waals surface area contributed by atoms with E-state index in [-0.39, 0.29) is 0 Å². The molecule has 10 aromatic carbocycles. The van der Waals surface area contributed by atoms with Gasteiger partial charge in [0.25, 0.3) is 0 Å². The Kier molecular flexibility index (Phi) is 17.3. The van der Waals surface area contributed by atoms with Crippen molar-refractivity contribution in [3.8, 4) is 0 Å². The molecular formula is C52H46Hf2N2. The van der Waals surface area contributed by atoms with Gasteiger partial charge in [0.15, 0.2) is 0 Å². The van der Waals surface area contributed by atoms with Gasteiger partial charge in [0.05, 0.1) is 0 Å². The van der Waals surface area contributed by atoms with Gasteiger partial charge in [-0.2, -0.15) is 70.1 Å². The van der Waals surface area contributed by atoms with Crippen LogP contribution in [0, 0.1) is 0 Å². The third-order valence-corrected chi connectivity index (χ3v) is 11.5. The summed E-state index contributed by atoms with van der Waals surface area (Å²) in [4.78, 5) is 4.50. The van der Waals surface area contributed by atoms with Crippen molar-refractivity contribution >= 4 is 62.2 Å². The van der Waals surface area contributed by atoms with Crippen LogP contribution >= 0.6 is 0 Å². The van der Waals surface area contributed by atoms with Gasteiger partial charge in [0.2, 0.25) is 0 Å². The Morgan fingerprint density at radius 2 is 0.589 bits per heavy atom. The predicted molar refractivity (Wildman–Crippen MR) is 240 cm³/mol. The monoisotopic (exact) mass is 1060 g/mol. The van der Waals surface area contributed by atoms with E-state index in [1.165, 1.54) is 58.0 Å². The molecule has 0 aromatic heterocycles. The Hall–Kier alpha value is -5.16. The Balaban J connectivity index is 0.000000137. The summed E-state index contributed by atoms with van der Waals surface area (Å²) in [5, 5.41) is 10.6. The molecule has 0 radical (unpaired) electrons. The molecule has 2 nitrogen and oxygen atoms in total. The van der Waals surface area contributed by atoms with Gasteiger partial charge in [-0.25, -0.2) is 0 Å². The maximum Gasteiger partial charge on any atom is -0.0809 e. The summed E-state index contributed by atoms with van der Waals surface area (Å²) in [6.07, 6.45) is 0. The average Bonchev–Trinajstić information content (AvgIpc) is 4.13. The minimum absolute atomic E-state index is 0.995. The van der Waals surface area contributed by atoms with Crippen LogP contribution in [0.3, 0.4) is 0 Å². The quantitative estimate of drug-likeness (QED) is 0.128. The maximum atomic E-state index is 3.39. The SMILES string of the molecule is CN([C](=[Hf+2])N(C)c1ccccc1)c1ccccc1.[CH2]=[Hf+2].c1ccc2[cH-]ccc2c1.c1ccc2[cH-]ccc2c1.c1ccc2[cH-]ccc2c1.c1ccc2[cH-]ccc2c1. The van der Waals surface area contributed by atoms with Gasteiger partial charge < -0.3 is 0 Å². The van der Waals surface area contributed by atoms with Crippen molar-refractivity contribution in [2.45, 2.75) is 0 Å². The fourth-order valence-electron chi connectivity index (χ4n) is 6.05. The van der Waals surface area contributed by atoms with E-state index in [0.29, 0.717) is 0 Å². The number of hydrogen-bond donors (Lipinski definition) is 0. The molecule has 272 valence electrons. The number of hydrogen-bond acceptors (Lipinski definition) is 2. The Bertz CT molecular complexity index is 2160. The zero-order valence-electron chi connectivity index (χ0n) is 32.0. The van der Waals surface area contributed by atoms with Crippen LogP contribution in [0.4, 0.5) is 11.4 Å². The van der Waals surface area contributed by atoms with Crippen LogP contribution < -0.4 is 9.80 Å². The Labute approximate surface area is 361 Å². The fourth-order valence-corrected chi connectivity index (χ4v) is 6.98. The minimum Gasteiger partial charge on any atom is -0.168 e. The topological polar surface area (TPSA) is 6.48 Å². The van der Waals surface area contributed by atoms with Crippen molar-refractivity contribution in [3.05, 3.63) is 231 Å². The van der Waals surface area contributed by atoms with Gasteiger partial charge in [0.1, 0.15) is 0 Å². The van der Waals surface area contributed by atoms with E-state index in [2.05, 4.69) is 247 Å². The molecule has 0 saturated heterocycles. The first kappa shape index (κ1) is 42.0. The molecule has 0 amide bonds. The first-order valence-electron chi connectivity index (χ1n) is 18.5. The molecule has 0 atom stereocenters. The molecule has 0 N–H and O–H groups in total. The van der Waals surface area contributed by atoms with Gasteiger partial charge in [-0.1, -0.05) is 24.3 Å². The van der Waals surface area contributed by atoms with E-state index in [1.807, 2.05) is 12.1 Å². The summed E-state index contributed by atoms with van der Waals surface area (Å²) < 4.78 is 4.72. The zero-order valence-corrected chi connectivity index (χ0v) is 39.2. The Morgan fingerprint density at radius 1 is 0.357 bits per heavy atom. The van der Waals surface area contributed by atoms with Crippen molar-refractivity contribution in [2.75, 3.05) is 23.9 Å². The number of benzene rings is 6.